The number of allylic oxidation sites excluding steroid dienone is 1. The molecule has 0 radical (unpaired) electrons. The Labute approximate surface area is 136 Å². The van der Waals surface area contributed by atoms with Gasteiger partial charge in [0.05, 0.1) is 17.1 Å². The lowest BCUT2D eigenvalue weighted by Crippen LogP contribution is -2.19. The molecule has 1 N–H and O–H groups in total. The molecule has 1 rings (SSSR count). The van der Waals surface area contributed by atoms with E-state index in [0.29, 0.717) is 17.8 Å². The van der Waals surface area contributed by atoms with Crippen LogP contribution in [-0.2, 0) is 0 Å². The first-order valence-electron chi connectivity index (χ1n) is 6.08. The van der Waals surface area contributed by atoms with Crippen molar-refractivity contribution in [2.75, 3.05) is 0 Å². The van der Waals surface area contributed by atoms with Crippen molar-refractivity contribution in [1.82, 2.24) is 4.98 Å². The molecular weight excluding hydrogens is 343 g/mol. The third-order valence-corrected chi connectivity index (χ3v) is 3.21. The minimum absolute atomic E-state index is 0.0751. The fraction of sp³-hybridized carbons (Fsp3) is 0.385. The second-order valence-corrected chi connectivity index (χ2v) is 6.33. The first-order valence-corrected chi connectivity index (χ1v) is 7.22. The molecule has 21 heavy (non-hydrogen) atoms. The second kappa shape index (κ2) is 7.92. The van der Waals surface area contributed by atoms with Crippen molar-refractivity contribution in [1.29, 1.82) is 0 Å². The Morgan fingerprint density at radius 3 is 2.48 bits per heavy atom. The predicted molar refractivity (Wildman–Crippen MR) is 85.9 cm³/mol. The van der Waals surface area contributed by atoms with Crippen LogP contribution >= 0.6 is 34.8 Å². The number of hydrogen-bond acceptors (Lipinski definition) is 1. The summed E-state index contributed by atoms with van der Waals surface area (Å²) in [6.07, 6.45) is 1.12. The topological polar surface area (TPSA) is 40.5 Å². The first kappa shape index (κ1) is 18.1. The van der Waals surface area contributed by atoms with E-state index in [2.05, 4.69) is 15.0 Å². The molecule has 3 nitrogen and oxygen atoms in total. The van der Waals surface area contributed by atoms with E-state index in [-0.39, 0.29) is 5.71 Å². The van der Waals surface area contributed by atoms with E-state index in [9.17, 15) is 8.78 Å². The molecule has 0 spiro atoms. The Bertz CT molecular complexity index is 544. The molecule has 8 heteroatoms. The number of rotatable bonds is 4. The number of aromatic amines is 1. The van der Waals surface area contributed by atoms with Crippen molar-refractivity contribution in [3.63, 3.8) is 0 Å². The second-order valence-electron chi connectivity index (χ2n) is 4.05. The monoisotopic (exact) mass is 355 g/mol. The van der Waals surface area contributed by atoms with Gasteiger partial charge in [-0.2, -0.15) is 0 Å². The molecule has 1 aromatic heterocycles. The molecule has 0 fully saturated rings. The van der Waals surface area contributed by atoms with Crippen LogP contribution in [0.2, 0.25) is 0 Å². The molecule has 0 saturated heterocycles. The SMILES string of the molecule is CC/C=C(/N=C(N=C(C)C(Cl)(Cl)Cl)C(F)F)c1ccc[nH]1. The molecule has 0 aliphatic carbocycles. The zero-order valence-corrected chi connectivity index (χ0v) is 13.6. The number of nitrogens with one attached hydrogen (secondary N) is 1. The van der Waals surface area contributed by atoms with Crippen LogP contribution in [0.3, 0.4) is 0 Å². The maximum atomic E-state index is 13.1. The van der Waals surface area contributed by atoms with E-state index in [1.165, 1.54) is 6.92 Å². The molecule has 0 amide bonds. The molecule has 1 aromatic rings. The standard InChI is InChI=1S/C13H14Cl3F2N3/c1-3-5-10(9-6-4-7-19-9)21-12(11(17)18)20-8(2)13(14,15)16/h4-7,11,19H,3H2,1-2H3/b10-5+,20-8?,21-12?. The van der Waals surface area contributed by atoms with E-state index in [1.807, 2.05) is 6.92 Å². The number of hydrogen-bond donors (Lipinski definition) is 1. The Hall–Kier alpha value is -0.910. The van der Waals surface area contributed by atoms with Crippen molar-refractivity contribution < 1.29 is 8.78 Å². The number of alkyl halides is 5. The lowest BCUT2D eigenvalue weighted by Gasteiger charge is -2.11. The maximum absolute atomic E-state index is 13.1. The van der Waals surface area contributed by atoms with Gasteiger partial charge >= 0.3 is 0 Å². The number of amidine groups is 1. The van der Waals surface area contributed by atoms with Crippen LogP contribution in [0, 0.1) is 0 Å². The highest BCUT2D eigenvalue weighted by atomic mass is 35.6. The van der Waals surface area contributed by atoms with E-state index >= 15 is 0 Å². The van der Waals surface area contributed by atoms with E-state index in [1.54, 1.807) is 24.4 Å². The van der Waals surface area contributed by atoms with Gasteiger partial charge in [0.1, 0.15) is 0 Å². The molecule has 0 saturated carbocycles. The van der Waals surface area contributed by atoms with Gasteiger partial charge in [0.2, 0.25) is 3.79 Å². The number of nitrogens with zero attached hydrogens (tertiary/aromatic N) is 2. The number of aromatic nitrogens is 1. The summed E-state index contributed by atoms with van der Waals surface area (Å²) >= 11 is 16.8. The molecular formula is C13H14Cl3F2N3. The maximum Gasteiger partial charge on any atom is 0.297 e. The van der Waals surface area contributed by atoms with E-state index in [4.69, 9.17) is 34.8 Å². The summed E-state index contributed by atoms with van der Waals surface area (Å²) in [5.74, 6) is -0.701. The molecule has 0 aliphatic heterocycles. The van der Waals surface area contributed by atoms with Gasteiger partial charge in [0.25, 0.3) is 6.43 Å². The lowest BCUT2D eigenvalue weighted by atomic mass is 10.2. The summed E-state index contributed by atoms with van der Waals surface area (Å²) in [5.41, 5.74) is 0.893. The molecule has 1 heterocycles. The molecule has 116 valence electrons. The van der Waals surface area contributed by atoms with E-state index < -0.39 is 16.1 Å². The van der Waals surface area contributed by atoms with Crippen LogP contribution in [0.5, 0.6) is 0 Å². The highest BCUT2D eigenvalue weighted by Gasteiger charge is 2.26. The summed E-state index contributed by atoms with van der Waals surface area (Å²) in [6.45, 7) is 3.22. The number of aliphatic imine (C=N–C) groups is 2. The summed E-state index contributed by atoms with van der Waals surface area (Å²) in [7, 11) is 0. The van der Waals surface area contributed by atoms with Gasteiger partial charge in [0, 0.05) is 6.20 Å². The van der Waals surface area contributed by atoms with Crippen molar-refractivity contribution in [3.8, 4) is 0 Å². The Balaban J connectivity index is 3.23. The minimum Gasteiger partial charge on any atom is -0.360 e. The molecule has 0 aromatic carbocycles. The third-order valence-electron chi connectivity index (χ3n) is 2.39. The zero-order valence-electron chi connectivity index (χ0n) is 11.4. The summed E-state index contributed by atoms with van der Waals surface area (Å²) < 4.78 is 24.3. The van der Waals surface area contributed by atoms with Gasteiger partial charge in [-0.15, -0.1) is 0 Å². The Morgan fingerprint density at radius 1 is 1.38 bits per heavy atom. The van der Waals surface area contributed by atoms with Crippen LogP contribution in [0.25, 0.3) is 5.70 Å². The highest BCUT2D eigenvalue weighted by molar-refractivity contribution is 6.76. The zero-order chi connectivity index (χ0) is 16.0. The van der Waals surface area contributed by atoms with E-state index in [0.717, 1.165) is 0 Å². The van der Waals surface area contributed by atoms with Crippen LogP contribution in [-0.4, -0.2) is 26.7 Å². The normalized spacial score (nSPS) is 15.0. The Morgan fingerprint density at radius 2 is 2.05 bits per heavy atom. The smallest absolute Gasteiger partial charge is 0.297 e. The molecule has 0 bridgehead atoms. The largest absolute Gasteiger partial charge is 0.360 e. The first-order chi connectivity index (χ1) is 9.75. The summed E-state index contributed by atoms with van der Waals surface area (Å²) in [6, 6.07) is 3.46. The molecule has 0 atom stereocenters. The van der Waals surface area contributed by atoms with Crippen molar-refractivity contribution in [2.45, 2.75) is 30.5 Å². The van der Waals surface area contributed by atoms with Crippen LogP contribution in [0.15, 0.2) is 34.4 Å². The molecule has 0 aliphatic rings. The van der Waals surface area contributed by atoms with Crippen molar-refractivity contribution in [2.24, 2.45) is 9.98 Å². The van der Waals surface area contributed by atoms with Crippen LogP contribution in [0.1, 0.15) is 26.0 Å². The minimum atomic E-state index is -2.89. The van der Waals surface area contributed by atoms with Gasteiger partial charge < -0.3 is 4.98 Å². The van der Waals surface area contributed by atoms with Gasteiger partial charge in [-0.25, -0.2) is 18.8 Å². The number of H-pyrrole nitrogens is 1. The highest BCUT2D eigenvalue weighted by Crippen LogP contribution is 2.28. The third kappa shape index (κ3) is 5.77. The Kier molecular flexibility index (Phi) is 6.84. The summed E-state index contributed by atoms with van der Waals surface area (Å²) in [5, 5.41) is 0. The average molecular weight is 357 g/mol. The fourth-order valence-corrected chi connectivity index (χ4v) is 1.51. The molecule has 0 unspecified atom stereocenters. The lowest BCUT2D eigenvalue weighted by molar-refractivity contribution is 0.224. The van der Waals surface area contributed by atoms with Gasteiger partial charge in [-0.1, -0.05) is 47.8 Å². The van der Waals surface area contributed by atoms with Gasteiger partial charge in [-0.3, -0.25) is 0 Å². The van der Waals surface area contributed by atoms with Crippen LogP contribution < -0.4 is 0 Å². The quantitative estimate of drug-likeness (QED) is 0.434. The number of halogens is 5. The summed E-state index contributed by atoms with van der Waals surface area (Å²) in [4.78, 5) is 10.4. The van der Waals surface area contributed by atoms with Crippen LogP contribution in [0.4, 0.5) is 8.78 Å². The fourth-order valence-electron chi connectivity index (χ4n) is 1.38. The van der Waals surface area contributed by atoms with Crippen molar-refractivity contribution in [3.05, 3.63) is 30.1 Å². The average Bonchev–Trinajstić information content (AvgIpc) is 2.89. The van der Waals surface area contributed by atoms with Gasteiger partial charge in [-0.05, 0) is 25.5 Å². The van der Waals surface area contributed by atoms with Crippen molar-refractivity contribution >= 4 is 52.0 Å². The predicted octanol–water partition coefficient (Wildman–Crippen LogP) is 5.26. The van der Waals surface area contributed by atoms with Gasteiger partial charge in [0.15, 0.2) is 5.84 Å².